The lowest BCUT2D eigenvalue weighted by Gasteiger charge is -2.13. The molecule has 15 heavy (non-hydrogen) atoms. The Morgan fingerprint density at radius 3 is 2.80 bits per heavy atom. The lowest BCUT2D eigenvalue weighted by atomic mass is 9.91. The van der Waals surface area contributed by atoms with Crippen LogP contribution in [-0.4, -0.2) is 18.5 Å². The Kier molecular flexibility index (Phi) is 4.77. The van der Waals surface area contributed by atoms with Crippen molar-refractivity contribution >= 4 is 5.78 Å². The van der Waals surface area contributed by atoms with Crippen LogP contribution < -0.4 is 0 Å². The molecule has 1 aliphatic heterocycles. The van der Waals surface area contributed by atoms with E-state index in [2.05, 4.69) is 6.07 Å². The molecule has 0 N–H and O–H groups in total. The number of ketones is 1. The molecule has 0 amide bonds. The topological polar surface area (TPSA) is 50.1 Å². The first-order valence-electron chi connectivity index (χ1n) is 5.67. The van der Waals surface area contributed by atoms with Crippen LogP contribution in [0.5, 0.6) is 0 Å². The van der Waals surface area contributed by atoms with Crippen LogP contribution in [-0.2, 0) is 9.53 Å². The van der Waals surface area contributed by atoms with E-state index in [4.69, 9.17) is 10.00 Å². The highest BCUT2D eigenvalue weighted by Crippen LogP contribution is 2.20. The summed E-state index contributed by atoms with van der Waals surface area (Å²) in [5.41, 5.74) is 0. The highest BCUT2D eigenvalue weighted by molar-refractivity contribution is 5.83. The van der Waals surface area contributed by atoms with E-state index in [-0.39, 0.29) is 11.9 Å². The zero-order valence-electron chi connectivity index (χ0n) is 9.53. The maximum atomic E-state index is 11.8. The van der Waals surface area contributed by atoms with E-state index in [1.54, 1.807) is 0 Å². The third-order valence-electron chi connectivity index (χ3n) is 2.70. The molecular formula is C12H19NO2. The zero-order valence-corrected chi connectivity index (χ0v) is 9.53. The second-order valence-corrected chi connectivity index (χ2v) is 4.62. The predicted octanol–water partition coefficient (Wildman–Crippen LogP) is 2.31. The Labute approximate surface area is 91.4 Å². The van der Waals surface area contributed by atoms with Crippen molar-refractivity contribution in [2.75, 3.05) is 6.61 Å². The lowest BCUT2D eigenvalue weighted by molar-refractivity contribution is -0.123. The quantitative estimate of drug-likeness (QED) is 0.698. The molecule has 0 spiro atoms. The summed E-state index contributed by atoms with van der Waals surface area (Å²) in [7, 11) is 0. The number of hydrogen-bond donors (Lipinski definition) is 0. The Morgan fingerprint density at radius 1 is 1.60 bits per heavy atom. The molecule has 0 aromatic heterocycles. The van der Waals surface area contributed by atoms with Crippen LogP contribution in [0.3, 0.4) is 0 Å². The molecule has 1 rings (SSSR count). The van der Waals surface area contributed by atoms with Crippen LogP contribution in [0.25, 0.3) is 0 Å². The molecule has 0 aliphatic carbocycles. The van der Waals surface area contributed by atoms with Gasteiger partial charge in [-0.2, -0.15) is 5.26 Å². The normalized spacial score (nSPS) is 22.7. The first kappa shape index (κ1) is 12.2. The van der Waals surface area contributed by atoms with Gasteiger partial charge in [0.1, 0.15) is 5.92 Å². The smallest absolute Gasteiger partial charge is 0.152 e. The molecule has 1 saturated heterocycles. The van der Waals surface area contributed by atoms with Crippen molar-refractivity contribution in [1.29, 1.82) is 5.26 Å². The summed E-state index contributed by atoms with van der Waals surface area (Å²) in [5, 5.41) is 8.91. The molecule has 3 nitrogen and oxygen atoms in total. The van der Waals surface area contributed by atoms with E-state index in [9.17, 15) is 4.79 Å². The Bertz CT molecular complexity index is 249. The van der Waals surface area contributed by atoms with Gasteiger partial charge in [0, 0.05) is 13.0 Å². The van der Waals surface area contributed by atoms with E-state index in [1.165, 1.54) is 0 Å². The van der Waals surface area contributed by atoms with Gasteiger partial charge in [0.05, 0.1) is 12.2 Å². The van der Waals surface area contributed by atoms with Gasteiger partial charge in [-0.3, -0.25) is 4.79 Å². The summed E-state index contributed by atoms with van der Waals surface area (Å²) in [6.45, 7) is 4.83. The second-order valence-electron chi connectivity index (χ2n) is 4.62. The molecule has 1 aliphatic rings. The SMILES string of the molecule is CC(C)CC(C#N)C(=O)CC1CCCO1. The number of carbonyl (C=O) groups is 1. The summed E-state index contributed by atoms with van der Waals surface area (Å²) in [4.78, 5) is 11.8. The first-order chi connectivity index (χ1) is 7.13. The Balaban J connectivity index is 2.39. The van der Waals surface area contributed by atoms with Crippen LogP contribution >= 0.6 is 0 Å². The Hall–Kier alpha value is -0.880. The second kappa shape index (κ2) is 5.87. The Morgan fingerprint density at radius 2 is 2.33 bits per heavy atom. The number of nitrogens with zero attached hydrogens (tertiary/aromatic N) is 1. The van der Waals surface area contributed by atoms with Gasteiger partial charge in [-0.15, -0.1) is 0 Å². The van der Waals surface area contributed by atoms with Gasteiger partial charge in [0.15, 0.2) is 5.78 Å². The van der Waals surface area contributed by atoms with E-state index in [0.29, 0.717) is 18.8 Å². The molecule has 0 aromatic rings. The molecule has 2 atom stereocenters. The number of Topliss-reactive ketones (excluding diaryl/α,β-unsaturated/α-hetero) is 1. The van der Waals surface area contributed by atoms with Crippen molar-refractivity contribution in [2.24, 2.45) is 11.8 Å². The van der Waals surface area contributed by atoms with E-state index in [0.717, 1.165) is 19.4 Å². The molecule has 3 heteroatoms. The minimum Gasteiger partial charge on any atom is -0.378 e. The first-order valence-corrected chi connectivity index (χ1v) is 5.67. The van der Waals surface area contributed by atoms with Crippen molar-refractivity contribution in [2.45, 2.75) is 45.6 Å². The van der Waals surface area contributed by atoms with Gasteiger partial charge in [-0.1, -0.05) is 13.8 Å². The molecule has 2 unspecified atom stereocenters. The minimum absolute atomic E-state index is 0.0538. The van der Waals surface area contributed by atoms with Crippen LogP contribution in [0.2, 0.25) is 0 Å². The van der Waals surface area contributed by atoms with Gasteiger partial charge in [0.2, 0.25) is 0 Å². The lowest BCUT2D eigenvalue weighted by Crippen LogP contribution is -2.20. The van der Waals surface area contributed by atoms with Crippen LogP contribution in [0.15, 0.2) is 0 Å². The van der Waals surface area contributed by atoms with Crippen molar-refractivity contribution in [3.8, 4) is 6.07 Å². The summed E-state index contributed by atoms with van der Waals surface area (Å²) in [5.74, 6) is 0.00963. The number of carbonyl (C=O) groups excluding carboxylic acids is 1. The summed E-state index contributed by atoms with van der Waals surface area (Å²) in [6, 6.07) is 2.10. The van der Waals surface area contributed by atoms with Crippen LogP contribution in [0.4, 0.5) is 0 Å². The molecule has 0 saturated carbocycles. The number of rotatable bonds is 5. The molecule has 1 heterocycles. The summed E-state index contributed by atoms with van der Waals surface area (Å²) in [6.07, 6.45) is 3.17. The highest BCUT2D eigenvalue weighted by Gasteiger charge is 2.25. The maximum absolute atomic E-state index is 11.8. The monoisotopic (exact) mass is 209 g/mol. The summed E-state index contributed by atoms with van der Waals surface area (Å²) >= 11 is 0. The van der Waals surface area contributed by atoms with Gasteiger partial charge in [-0.25, -0.2) is 0 Å². The number of nitriles is 1. The third kappa shape index (κ3) is 4.01. The van der Waals surface area contributed by atoms with Crippen LogP contribution in [0.1, 0.15) is 39.5 Å². The molecule has 1 fully saturated rings. The average Bonchev–Trinajstić information content (AvgIpc) is 2.66. The molecule has 0 radical (unpaired) electrons. The van der Waals surface area contributed by atoms with E-state index < -0.39 is 5.92 Å². The van der Waals surface area contributed by atoms with Gasteiger partial charge in [-0.05, 0) is 25.2 Å². The number of ether oxygens (including phenoxy) is 1. The van der Waals surface area contributed by atoms with Crippen molar-refractivity contribution in [1.82, 2.24) is 0 Å². The molecule has 0 bridgehead atoms. The fourth-order valence-electron chi connectivity index (χ4n) is 1.90. The standard InChI is InChI=1S/C12H19NO2/c1-9(2)6-10(8-13)12(14)7-11-4-3-5-15-11/h9-11H,3-7H2,1-2H3. The fraction of sp³-hybridized carbons (Fsp3) is 0.833. The highest BCUT2D eigenvalue weighted by atomic mass is 16.5. The third-order valence-corrected chi connectivity index (χ3v) is 2.70. The van der Waals surface area contributed by atoms with E-state index >= 15 is 0 Å². The molecular weight excluding hydrogens is 190 g/mol. The summed E-state index contributed by atoms with van der Waals surface area (Å²) < 4.78 is 5.39. The van der Waals surface area contributed by atoms with Gasteiger partial charge < -0.3 is 4.74 Å². The fourth-order valence-corrected chi connectivity index (χ4v) is 1.90. The predicted molar refractivity (Wildman–Crippen MR) is 57.2 cm³/mol. The van der Waals surface area contributed by atoms with Crippen molar-refractivity contribution < 1.29 is 9.53 Å². The van der Waals surface area contributed by atoms with Gasteiger partial charge >= 0.3 is 0 Å². The zero-order chi connectivity index (χ0) is 11.3. The van der Waals surface area contributed by atoms with Gasteiger partial charge in [0.25, 0.3) is 0 Å². The maximum Gasteiger partial charge on any atom is 0.152 e. The van der Waals surface area contributed by atoms with Crippen molar-refractivity contribution in [3.63, 3.8) is 0 Å². The number of hydrogen-bond acceptors (Lipinski definition) is 3. The average molecular weight is 209 g/mol. The van der Waals surface area contributed by atoms with Crippen molar-refractivity contribution in [3.05, 3.63) is 0 Å². The molecule has 0 aromatic carbocycles. The van der Waals surface area contributed by atoms with Crippen LogP contribution in [0, 0.1) is 23.2 Å². The largest absolute Gasteiger partial charge is 0.378 e. The minimum atomic E-state index is -0.436. The van der Waals surface area contributed by atoms with E-state index in [1.807, 2.05) is 13.8 Å². The molecule has 84 valence electrons.